The maximum atomic E-state index is 14.3. The molecule has 0 saturated heterocycles. The lowest BCUT2D eigenvalue weighted by molar-refractivity contribution is 0.382. The van der Waals surface area contributed by atoms with Crippen molar-refractivity contribution in [3.8, 4) is 16.9 Å². The van der Waals surface area contributed by atoms with Gasteiger partial charge in [0.1, 0.15) is 7.85 Å². The molecule has 0 spiro atoms. The molecule has 0 radical (unpaired) electrons. The molecular weight excluding hydrogens is 328 g/mol. The summed E-state index contributed by atoms with van der Waals surface area (Å²) in [6.07, 6.45) is 0. The number of hydrogen-bond acceptors (Lipinski definition) is 1. The topological polar surface area (TPSA) is 9.23 Å². The Bertz CT molecular complexity index is 791. The van der Waals surface area contributed by atoms with E-state index in [9.17, 15) is 30.7 Å². The predicted molar refractivity (Wildman–Crippen MR) is 71.1 cm³/mol. The molecule has 0 N–H and O–H groups in total. The van der Waals surface area contributed by atoms with E-state index in [1.54, 1.807) is 0 Å². The van der Waals surface area contributed by atoms with Crippen molar-refractivity contribution in [2.75, 3.05) is 7.11 Å². The van der Waals surface area contributed by atoms with Crippen molar-refractivity contribution in [2.24, 2.45) is 0 Å². The van der Waals surface area contributed by atoms with Gasteiger partial charge in [-0.15, -0.1) is 0 Å². The van der Waals surface area contributed by atoms with Crippen molar-refractivity contribution in [2.45, 2.75) is 6.92 Å². The van der Waals surface area contributed by atoms with E-state index >= 15 is 0 Å². The Morgan fingerprint density at radius 2 is 1.04 bits per heavy atom. The smallest absolute Gasteiger partial charge is 0.175 e. The first-order valence-electron chi connectivity index (χ1n) is 6.19. The average Bonchev–Trinajstić information content (AvgIpc) is 2.52. The Hall–Kier alpha value is -2.19. The highest BCUT2D eigenvalue weighted by Crippen LogP contribution is 2.37. The summed E-state index contributed by atoms with van der Waals surface area (Å²) >= 11 is 0. The molecule has 0 aliphatic heterocycles. The third-order valence-corrected chi connectivity index (χ3v) is 3.44. The van der Waals surface area contributed by atoms with Gasteiger partial charge in [-0.25, -0.2) is 30.7 Å². The van der Waals surface area contributed by atoms with Crippen molar-refractivity contribution < 1.29 is 35.5 Å². The number of ether oxygens (including phenoxy) is 1. The second-order valence-electron chi connectivity index (χ2n) is 4.73. The van der Waals surface area contributed by atoms with Crippen LogP contribution in [0.3, 0.4) is 0 Å². The molecule has 0 bridgehead atoms. The van der Waals surface area contributed by atoms with E-state index < -0.39 is 68.6 Å². The third kappa shape index (κ3) is 2.34. The lowest BCUT2D eigenvalue weighted by Crippen LogP contribution is -2.19. The molecule has 2 aromatic carbocycles. The molecule has 23 heavy (non-hydrogen) atoms. The minimum Gasteiger partial charge on any atom is -0.494 e. The zero-order valence-electron chi connectivity index (χ0n) is 12.1. The SMILES string of the molecule is Bc1c(F)c(F)c(-c2c(F)c(F)c(C)c(F)c2F)c(F)c1OC. The highest BCUT2D eigenvalue weighted by atomic mass is 19.2. The fourth-order valence-electron chi connectivity index (χ4n) is 2.17. The fourth-order valence-corrected chi connectivity index (χ4v) is 2.17. The summed E-state index contributed by atoms with van der Waals surface area (Å²) in [5.74, 6) is -13.9. The third-order valence-electron chi connectivity index (χ3n) is 3.44. The van der Waals surface area contributed by atoms with Gasteiger partial charge in [0, 0.05) is 5.56 Å². The molecule has 2 aromatic rings. The molecule has 122 valence electrons. The summed E-state index contributed by atoms with van der Waals surface area (Å²) in [6.45, 7) is 0.740. The number of benzene rings is 2. The number of rotatable bonds is 2. The molecule has 2 rings (SSSR count). The number of hydrogen-bond donors (Lipinski definition) is 0. The van der Waals surface area contributed by atoms with Gasteiger partial charge in [-0.3, -0.25) is 0 Å². The van der Waals surface area contributed by atoms with Crippen LogP contribution in [0, 0.1) is 47.6 Å². The monoisotopic (exact) mass is 336 g/mol. The number of halogens is 7. The van der Waals surface area contributed by atoms with E-state index in [4.69, 9.17) is 0 Å². The maximum Gasteiger partial charge on any atom is 0.175 e. The van der Waals surface area contributed by atoms with E-state index in [1.165, 1.54) is 0 Å². The molecule has 0 heterocycles. The molecule has 0 unspecified atom stereocenters. The van der Waals surface area contributed by atoms with Gasteiger partial charge in [0.25, 0.3) is 0 Å². The van der Waals surface area contributed by atoms with Crippen LogP contribution >= 0.6 is 0 Å². The first-order chi connectivity index (χ1) is 10.6. The summed E-state index contributed by atoms with van der Waals surface area (Å²) in [6, 6.07) is 0. The number of methoxy groups -OCH3 is 1. The Morgan fingerprint density at radius 3 is 1.48 bits per heavy atom. The van der Waals surface area contributed by atoms with Crippen LogP contribution in [0.15, 0.2) is 0 Å². The van der Waals surface area contributed by atoms with E-state index in [2.05, 4.69) is 4.74 Å². The van der Waals surface area contributed by atoms with Crippen molar-refractivity contribution in [1.82, 2.24) is 0 Å². The molecule has 0 amide bonds. The summed E-state index contributed by atoms with van der Waals surface area (Å²) < 4.78 is 102. The second-order valence-corrected chi connectivity index (χ2v) is 4.73. The van der Waals surface area contributed by atoms with Gasteiger partial charge < -0.3 is 4.74 Å². The van der Waals surface area contributed by atoms with Crippen LogP contribution in [0.1, 0.15) is 5.56 Å². The first-order valence-corrected chi connectivity index (χ1v) is 6.19. The van der Waals surface area contributed by atoms with Gasteiger partial charge in [0.15, 0.2) is 46.5 Å². The standard InChI is InChI=1S/C14H8BF7O/c1-3-7(16)9(18)4(10(19)8(3)17)5-11(20)13(22)6(15)14(23-2)12(5)21/h15H2,1-2H3. The summed E-state index contributed by atoms with van der Waals surface area (Å²) in [4.78, 5) is 0. The van der Waals surface area contributed by atoms with Crippen LogP contribution in [0.25, 0.3) is 11.1 Å². The van der Waals surface area contributed by atoms with E-state index in [0.717, 1.165) is 21.9 Å². The minimum absolute atomic E-state index is 0.597. The van der Waals surface area contributed by atoms with Gasteiger partial charge in [0.05, 0.1) is 18.2 Å². The maximum absolute atomic E-state index is 14.3. The van der Waals surface area contributed by atoms with Gasteiger partial charge in [-0.05, 0) is 12.4 Å². The van der Waals surface area contributed by atoms with E-state index in [-0.39, 0.29) is 0 Å². The minimum atomic E-state index is -2.04. The largest absolute Gasteiger partial charge is 0.494 e. The van der Waals surface area contributed by atoms with E-state index in [1.807, 2.05) is 0 Å². The van der Waals surface area contributed by atoms with Crippen LogP contribution < -0.4 is 10.2 Å². The zero-order chi connectivity index (χ0) is 17.6. The molecule has 0 aliphatic rings. The van der Waals surface area contributed by atoms with Crippen LogP contribution in [0.2, 0.25) is 0 Å². The highest BCUT2D eigenvalue weighted by molar-refractivity contribution is 6.34. The molecular formula is C14H8BF7O. The quantitative estimate of drug-likeness (QED) is 0.466. The Balaban J connectivity index is 3.03. The normalized spacial score (nSPS) is 11.0. The summed E-state index contributed by atoms with van der Waals surface area (Å²) in [7, 11) is 1.88. The second kappa shape index (κ2) is 5.79. The lowest BCUT2D eigenvalue weighted by Gasteiger charge is -2.15. The molecule has 0 aromatic heterocycles. The molecule has 9 heteroatoms. The molecule has 0 fully saturated rings. The molecule has 0 saturated carbocycles. The first kappa shape index (κ1) is 17.2. The highest BCUT2D eigenvalue weighted by Gasteiger charge is 2.32. The molecule has 0 aliphatic carbocycles. The van der Waals surface area contributed by atoms with Crippen molar-refractivity contribution in [1.29, 1.82) is 0 Å². The van der Waals surface area contributed by atoms with Gasteiger partial charge >= 0.3 is 0 Å². The van der Waals surface area contributed by atoms with Crippen molar-refractivity contribution >= 4 is 13.3 Å². The van der Waals surface area contributed by atoms with Gasteiger partial charge in [-0.1, -0.05) is 0 Å². The summed E-state index contributed by atoms with van der Waals surface area (Å²) in [5, 5.41) is 0. The average molecular weight is 336 g/mol. The Morgan fingerprint density at radius 1 is 0.652 bits per heavy atom. The molecule has 0 atom stereocenters. The van der Waals surface area contributed by atoms with Crippen molar-refractivity contribution in [3.05, 3.63) is 46.3 Å². The lowest BCUT2D eigenvalue weighted by atomic mass is 9.89. The van der Waals surface area contributed by atoms with Crippen LogP contribution in [0.5, 0.6) is 5.75 Å². The van der Waals surface area contributed by atoms with Gasteiger partial charge in [-0.2, -0.15) is 0 Å². The fraction of sp³-hybridized carbons (Fsp3) is 0.143. The predicted octanol–water partition coefficient (Wildman–Crippen LogP) is 2.90. The van der Waals surface area contributed by atoms with Gasteiger partial charge in [0.2, 0.25) is 0 Å². The molecule has 1 nitrogen and oxygen atoms in total. The summed E-state index contributed by atoms with van der Waals surface area (Å²) in [5.41, 5.74) is -4.88. The van der Waals surface area contributed by atoms with Crippen LogP contribution in [-0.4, -0.2) is 15.0 Å². The van der Waals surface area contributed by atoms with E-state index in [0.29, 0.717) is 0 Å². The zero-order valence-corrected chi connectivity index (χ0v) is 12.1. The van der Waals surface area contributed by atoms with Crippen molar-refractivity contribution in [3.63, 3.8) is 0 Å². The Labute approximate surface area is 127 Å². The van der Waals surface area contributed by atoms with Crippen LogP contribution in [-0.2, 0) is 0 Å². The Kier molecular flexibility index (Phi) is 4.32. The van der Waals surface area contributed by atoms with Crippen LogP contribution in [0.4, 0.5) is 30.7 Å².